The zero-order valence-electron chi connectivity index (χ0n) is 12.2. The highest BCUT2D eigenvalue weighted by Gasteiger charge is 2.49. The lowest BCUT2D eigenvalue weighted by Crippen LogP contribution is -2.41. The van der Waals surface area contributed by atoms with Gasteiger partial charge in [0.25, 0.3) is 0 Å². The molecule has 1 rings (SSSR count). The van der Waals surface area contributed by atoms with Gasteiger partial charge in [0.2, 0.25) is 0 Å². The van der Waals surface area contributed by atoms with Crippen LogP contribution in [-0.4, -0.2) is 17.1 Å². The number of carbonyl (C=O) groups excluding carboxylic acids is 1. The molecular formula is C16H18N2O2. The van der Waals surface area contributed by atoms with Crippen molar-refractivity contribution in [1.82, 2.24) is 0 Å². The third-order valence-corrected chi connectivity index (χ3v) is 2.69. The van der Waals surface area contributed by atoms with Gasteiger partial charge < -0.3 is 4.74 Å². The molecule has 0 amide bonds. The van der Waals surface area contributed by atoms with E-state index >= 15 is 0 Å². The first-order chi connectivity index (χ1) is 9.22. The number of ether oxygens (including phenoxy) is 1. The fraction of sp³-hybridized carbons (Fsp3) is 0.438. The van der Waals surface area contributed by atoms with Crippen LogP contribution in [0.1, 0.15) is 31.9 Å². The molecule has 0 saturated heterocycles. The van der Waals surface area contributed by atoms with Crippen molar-refractivity contribution in [2.24, 2.45) is 0 Å². The molecule has 0 heterocycles. The van der Waals surface area contributed by atoms with Crippen molar-refractivity contribution in [2.45, 2.75) is 45.3 Å². The van der Waals surface area contributed by atoms with Crippen molar-refractivity contribution in [2.75, 3.05) is 0 Å². The number of nitriles is 1. The summed E-state index contributed by atoms with van der Waals surface area (Å²) < 4.78 is 5.21. The maximum absolute atomic E-state index is 12.2. The van der Waals surface area contributed by atoms with Crippen molar-refractivity contribution in [3.8, 4) is 6.07 Å². The minimum atomic E-state index is -1.82. The average molecular weight is 270 g/mol. The summed E-state index contributed by atoms with van der Waals surface area (Å²) in [5, 5.41) is 9.30. The molecule has 0 aliphatic heterocycles. The van der Waals surface area contributed by atoms with Gasteiger partial charge in [0, 0.05) is 0 Å². The maximum Gasteiger partial charge on any atom is 0.413 e. The normalized spacial score (nSPS) is 13.7. The van der Waals surface area contributed by atoms with Crippen molar-refractivity contribution >= 4 is 5.97 Å². The predicted molar refractivity (Wildman–Crippen MR) is 75.7 cm³/mol. The lowest BCUT2D eigenvalue weighted by atomic mass is 9.92. The number of aryl methyl sites for hydroxylation is 1. The molecule has 4 heteroatoms. The third-order valence-electron chi connectivity index (χ3n) is 2.69. The van der Waals surface area contributed by atoms with E-state index in [1.165, 1.54) is 0 Å². The monoisotopic (exact) mass is 270 g/mol. The minimum Gasteiger partial charge on any atom is -0.453 e. The van der Waals surface area contributed by atoms with Crippen LogP contribution in [0.4, 0.5) is 0 Å². The number of rotatable bonds is 3. The van der Waals surface area contributed by atoms with Crippen LogP contribution in [0.3, 0.4) is 0 Å². The second kappa shape index (κ2) is 5.75. The minimum absolute atomic E-state index is 0.0300. The summed E-state index contributed by atoms with van der Waals surface area (Å²) in [7, 11) is 0. The molecule has 0 spiro atoms. The summed E-state index contributed by atoms with van der Waals surface area (Å²) in [6.07, 6.45) is 0.0300. The van der Waals surface area contributed by atoms with E-state index in [1.54, 1.807) is 20.8 Å². The van der Waals surface area contributed by atoms with Crippen LogP contribution < -0.4 is 0 Å². The molecule has 0 fully saturated rings. The summed E-state index contributed by atoms with van der Waals surface area (Å²) in [4.78, 5) is 15.4. The van der Waals surface area contributed by atoms with E-state index in [4.69, 9.17) is 11.3 Å². The first kappa shape index (κ1) is 15.7. The van der Waals surface area contributed by atoms with Gasteiger partial charge in [-0.25, -0.2) is 11.4 Å². The summed E-state index contributed by atoms with van der Waals surface area (Å²) in [5.41, 5.74) is -0.699. The number of hydrogen-bond acceptors (Lipinski definition) is 3. The summed E-state index contributed by atoms with van der Waals surface area (Å²) >= 11 is 0. The summed E-state index contributed by atoms with van der Waals surface area (Å²) in [6, 6.07) is 9.23. The number of esters is 1. The lowest BCUT2D eigenvalue weighted by molar-refractivity contribution is -0.157. The average Bonchev–Trinajstić information content (AvgIpc) is 2.36. The van der Waals surface area contributed by atoms with Gasteiger partial charge in [-0.3, -0.25) is 4.85 Å². The number of hydrogen-bond donors (Lipinski definition) is 0. The van der Waals surface area contributed by atoms with Crippen molar-refractivity contribution in [1.29, 1.82) is 5.26 Å². The van der Waals surface area contributed by atoms with Gasteiger partial charge in [0.05, 0.1) is 6.42 Å². The SMILES string of the molecule is [C-]#[N+]C(C#N)(Cc1ccc(C)cc1)C(=O)OC(C)(C)C. The van der Waals surface area contributed by atoms with Crippen LogP contribution >= 0.6 is 0 Å². The standard InChI is InChI=1S/C16H18N2O2/c1-12-6-8-13(9-7-12)10-16(11-17,18-5)14(19)20-15(2,3)4/h6-9H,10H2,1-4H3. The highest BCUT2D eigenvalue weighted by molar-refractivity contribution is 5.87. The zero-order valence-corrected chi connectivity index (χ0v) is 12.2. The number of nitrogens with zero attached hydrogens (tertiary/aromatic N) is 2. The van der Waals surface area contributed by atoms with E-state index in [2.05, 4.69) is 4.85 Å². The molecule has 0 radical (unpaired) electrons. The highest BCUT2D eigenvalue weighted by Crippen LogP contribution is 2.23. The zero-order chi connectivity index (χ0) is 15.4. The number of benzene rings is 1. The molecule has 104 valence electrons. The molecule has 1 aromatic carbocycles. The Morgan fingerprint density at radius 3 is 2.30 bits per heavy atom. The quantitative estimate of drug-likeness (QED) is 0.626. The van der Waals surface area contributed by atoms with E-state index in [1.807, 2.05) is 37.3 Å². The van der Waals surface area contributed by atoms with Crippen LogP contribution in [0.15, 0.2) is 24.3 Å². The van der Waals surface area contributed by atoms with Gasteiger partial charge in [-0.2, -0.15) is 5.26 Å². The van der Waals surface area contributed by atoms with Crippen LogP contribution in [0.2, 0.25) is 0 Å². The van der Waals surface area contributed by atoms with Crippen molar-refractivity contribution < 1.29 is 9.53 Å². The van der Waals surface area contributed by atoms with Crippen molar-refractivity contribution in [3.63, 3.8) is 0 Å². The topological polar surface area (TPSA) is 54.5 Å². The summed E-state index contributed by atoms with van der Waals surface area (Å²) in [6.45, 7) is 14.3. The Balaban J connectivity index is 3.05. The maximum atomic E-state index is 12.2. The molecule has 0 aliphatic carbocycles. The molecular weight excluding hydrogens is 252 g/mol. The first-order valence-corrected chi connectivity index (χ1v) is 6.31. The van der Waals surface area contributed by atoms with Crippen LogP contribution in [0.5, 0.6) is 0 Å². The molecule has 0 bridgehead atoms. The third kappa shape index (κ3) is 3.83. The fourth-order valence-corrected chi connectivity index (χ4v) is 1.63. The predicted octanol–water partition coefficient (Wildman–Crippen LogP) is 3.06. The molecule has 1 aromatic rings. The molecule has 0 N–H and O–H groups in total. The van der Waals surface area contributed by atoms with Gasteiger partial charge in [0.1, 0.15) is 5.60 Å². The fourth-order valence-electron chi connectivity index (χ4n) is 1.63. The smallest absolute Gasteiger partial charge is 0.413 e. The van der Waals surface area contributed by atoms with Gasteiger partial charge in [-0.1, -0.05) is 29.8 Å². The Kier molecular flexibility index (Phi) is 4.53. The lowest BCUT2D eigenvalue weighted by Gasteiger charge is -2.22. The second-order valence-electron chi connectivity index (χ2n) is 5.75. The Bertz CT molecular complexity index is 554. The van der Waals surface area contributed by atoms with Gasteiger partial charge in [-0.05, 0) is 33.3 Å². The number of carbonyl (C=O) groups is 1. The van der Waals surface area contributed by atoms with Crippen molar-refractivity contribution in [3.05, 3.63) is 46.8 Å². The second-order valence-corrected chi connectivity index (χ2v) is 5.75. The Labute approximate surface area is 119 Å². The van der Waals surface area contributed by atoms with Gasteiger partial charge >= 0.3 is 11.5 Å². The molecule has 1 unspecified atom stereocenters. The summed E-state index contributed by atoms with van der Waals surface area (Å²) in [5.74, 6) is -0.789. The molecule has 1 atom stereocenters. The van der Waals surface area contributed by atoms with E-state index < -0.39 is 17.1 Å². The van der Waals surface area contributed by atoms with Gasteiger partial charge in [-0.15, -0.1) is 0 Å². The van der Waals surface area contributed by atoms with Crippen LogP contribution in [-0.2, 0) is 16.0 Å². The first-order valence-electron chi connectivity index (χ1n) is 6.31. The highest BCUT2D eigenvalue weighted by atomic mass is 16.6. The molecule has 0 saturated carbocycles. The Morgan fingerprint density at radius 1 is 1.35 bits per heavy atom. The Morgan fingerprint density at radius 2 is 1.90 bits per heavy atom. The van der Waals surface area contributed by atoms with E-state index in [0.717, 1.165) is 11.1 Å². The molecule has 0 aromatic heterocycles. The Hall–Kier alpha value is -2.33. The molecule has 4 nitrogen and oxygen atoms in total. The van der Waals surface area contributed by atoms with E-state index in [-0.39, 0.29) is 6.42 Å². The molecule has 0 aliphatic rings. The van der Waals surface area contributed by atoms with Crippen LogP contribution in [0.25, 0.3) is 4.85 Å². The molecule has 20 heavy (non-hydrogen) atoms. The van der Waals surface area contributed by atoms with E-state index in [9.17, 15) is 10.1 Å². The van der Waals surface area contributed by atoms with Gasteiger partial charge in [0.15, 0.2) is 6.07 Å². The van der Waals surface area contributed by atoms with E-state index in [0.29, 0.717) is 0 Å². The largest absolute Gasteiger partial charge is 0.453 e. The van der Waals surface area contributed by atoms with Crippen LogP contribution in [0, 0.1) is 24.8 Å².